The van der Waals surface area contributed by atoms with Gasteiger partial charge in [-0.15, -0.1) is 0 Å². The van der Waals surface area contributed by atoms with Gasteiger partial charge in [-0.3, -0.25) is 14.8 Å². The van der Waals surface area contributed by atoms with Crippen LogP contribution in [0.3, 0.4) is 0 Å². The number of carboxylic acid groups (broad SMARTS) is 1. The van der Waals surface area contributed by atoms with Crippen molar-refractivity contribution in [2.24, 2.45) is 5.92 Å². The fourth-order valence-electron chi connectivity index (χ4n) is 3.15. The Bertz CT molecular complexity index is 418. The Balaban J connectivity index is 2.06. The summed E-state index contributed by atoms with van der Waals surface area (Å²) in [5.74, 6) is -0.570. The monoisotopic (exact) mass is 266 g/mol. The fourth-order valence-corrected chi connectivity index (χ4v) is 3.15. The van der Waals surface area contributed by atoms with E-state index >= 15 is 0 Å². The minimum atomic E-state index is -0.769. The topological polar surface area (TPSA) is 80.0 Å². The molecule has 1 aromatic rings. The van der Waals surface area contributed by atoms with Crippen molar-refractivity contribution >= 4 is 5.97 Å². The highest BCUT2D eigenvalue weighted by molar-refractivity contribution is 5.79. The number of nitrogens with one attached hydrogen (secondary N) is 1. The molecule has 2 atom stereocenters. The molecule has 2 N–H and O–H groups in total. The molecule has 19 heavy (non-hydrogen) atoms. The van der Waals surface area contributed by atoms with Gasteiger partial charge in [-0.05, 0) is 39.0 Å². The third-order valence-electron chi connectivity index (χ3n) is 3.92. The van der Waals surface area contributed by atoms with Crippen molar-refractivity contribution in [3.05, 3.63) is 12.7 Å². The summed E-state index contributed by atoms with van der Waals surface area (Å²) in [5.41, 5.74) is -0.769. The average Bonchev–Trinajstić information content (AvgIpc) is 2.95. The highest BCUT2D eigenvalue weighted by Gasteiger charge is 2.48. The van der Waals surface area contributed by atoms with Crippen LogP contribution in [0.1, 0.15) is 39.5 Å². The van der Waals surface area contributed by atoms with Crippen LogP contribution in [-0.4, -0.2) is 37.4 Å². The summed E-state index contributed by atoms with van der Waals surface area (Å²) in [6.45, 7) is 4.72. The molecule has 0 aromatic carbocycles. The van der Waals surface area contributed by atoms with E-state index in [2.05, 4.69) is 15.4 Å². The van der Waals surface area contributed by atoms with Gasteiger partial charge in [0, 0.05) is 12.6 Å². The lowest BCUT2D eigenvalue weighted by molar-refractivity contribution is -0.147. The van der Waals surface area contributed by atoms with Gasteiger partial charge in [0.05, 0.1) is 0 Å². The Morgan fingerprint density at radius 3 is 3.00 bits per heavy atom. The molecule has 1 aliphatic rings. The second kappa shape index (κ2) is 5.69. The van der Waals surface area contributed by atoms with Crippen LogP contribution in [0.4, 0.5) is 0 Å². The number of carboxylic acids is 1. The predicted molar refractivity (Wildman–Crippen MR) is 70.6 cm³/mol. The summed E-state index contributed by atoms with van der Waals surface area (Å²) in [6, 6.07) is 0.170. The minimum absolute atomic E-state index is 0.150. The summed E-state index contributed by atoms with van der Waals surface area (Å²) < 4.78 is 1.76. The summed E-state index contributed by atoms with van der Waals surface area (Å²) in [5, 5.41) is 17.0. The van der Waals surface area contributed by atoms with E-state index < -0.39 is 11.5 Å². The fraction of sp³-hybridized carbons (Fsp3) is 0.769. The number of hydrogen-bond donors (Lipinski definition) is 2. The molecule has 0 radical (unpaired) electrons. The second-order valence-corrected chi connectivity index (χ2v) is 5.61. The van der Waals surface area contributed by atoms with Gasteiger partial charge in [0.2, 0.25) is 0 Å². The van der Waals surface area contributed by atoms with Crippen molar-refractivity contribution in [2.45, 2.75) is 57.7 Å². The SMILES string of the molecule is CC(C)NC1(C(=O)O)CCCC1CCn1cncn1. The van der Waals surface area contributed by atoms with Gasteiger partial charge >= 0.3 is 5.97 Å². The standard InChI is InChI=1S/C13H22N4O2/c1-10(2)16-13(12(18)19)6-3-4-11(13)5-7-17-9-14-8-15-17/h8-11,16H,3-7H2,1-2H3,(H,18,19). The summed E-state index contributed by atoms with van der Waals surface area (Å²) in [6.07, 6.45) is 6.63. The summed E-state index contributed by atoms with van der Waals surface area (Å²) in [7, 11) is 0. The van der Waals surface area contributed by atoms with E-state index in [0.29, 0.717) is 6.42 Å². The molecule has 0 aliphatic heterocycles. The molecule has 0 bridgehead atoms. The van der Waals surface area contributed by atoms with Crippen LogP contribution < -0.4 is 5.32 Å². The van der Waals surface area contributed by atoms with Gasteiger partial charge < -0.3 is 5.11 Å². The minimum Gasteiger partial charge on any atom is -0.480 e. The molecule has 0 saturated heterocycles. The van der Waals surface area contributed by atoms with Gasteiger partial charge in [0.1, 0.15) is 18.2 Å². The molecule has 2 rings (SSSR count). The molecule has 2 unspecified atom stereocenters. The Hall–Kier alpha value is -1.43. The Labute approximate surface area is 113 Å². The van der Waals surface area contributed by atoms with E-state index in [1.54, 1.807) is 11.0 Å². The molecule has 0 amide bonds. The Morgan fingerprint density at radius 2 is 2.42 bits per heavy atom. The van der Waals surface area contributed by atoms with Crippen molar-refractivity contribution in [2.75, 3.05) is 0 Å². The first-order valence-corrected chi connectivity index (χ1v) is 6.88. The van der Waals surface area contributed by atoms with Crippen LogP contribution in [0.25, 0.3) is 0 Å². The molecule has 1 heterocycles. The highest BCUT2D eigenvalue weighted by atomic mass is 16.4. The van der Waals surface area contributed by atoms with E-state index in [1.807, 2.05) is 13.8 Å². The number of aromatic nitrogens is 3. The van der Waals surface area contributed by atoms with E-state index in [1.165, 1.54) is 6.33 Å². The lowest BCUT2D eigenvalue weighted by Gasteiger charge is -2.34. The molecular weight excluding hydrogens is 244 g/mol. The average molecular weight is 266 g/mol. The lowest BCUT2D eigenvalue weighted by Crippen LogP contribution is -2.57. The normalized spacial score (nSPS) is 27.0. The van der Waals surface area contributed by atoms with Crippen LogP contribution >= 0.6 is 0 Å². The zero-order chi connectivity index (χ0) is 13.9. The number of carbonyl (C=O) groups is 1. The molecule has 106 valence electrons. The number of hydrogen-bond acceptors (Lipinski definition) is 4. The third-order valence-corrected chi connectivity index (χ3v) is 3.92. The zero-order valence-electron chi connectivity index (χ0n) is 11.5. The quantitative estimate of drug-likeness (QED) is 0.811. The first-order chi connectivity index (χ1) is 9.04. The van der Waals surface area contributed by atoms with Crippen LogP contribution in [0.2, 0.25) is 0 Å². The molecule has 0 spiro atoms. The molecular formula is C13H22N4O2. The van der Waals surface area contributed by atoms with E-state index in [-0.39, 0.29) is 12.0 Å². The summed E-state index contributed by atoms with van der Waals surface area (Å²) in [4.78, 5) is 15.6. The van der Waals surface area contributed by atoms with Crippen LogP contribution in [-0.2, 0) is 11.3 Å². The number of aryl methyl sites for hydroxylation is 1. The first-order valence-electron chi connectivity index (χ1n) is 6.88. The van der Waals surface area contributed by atoms with Crippen LogP contribution in [0, 0.1) is 5.92 Å². The number of nitrogens with zero attached hydrogens (tertiary/aromatic N) is 3. The largest absolute Gasteiger partial charge is 0.480 e. The van der Waals surface area contributed by atoms with Crippen molar-refractivity contribution < 1.29 is 9.90 Å². The first kappa shape index (κ1) is 14.0. The van der Waals surface area contributed by atoms with Gasteiger partial charge in [0.25, 0.3) is 0 Å². The van der Waals surface area contributed by atoms with Crippen molar-refractivity contribution in [3.8, 4) is 0 Å². The van der Waals surface area contributed by atoms with E-state index in [0.717, 1.165) is 25.8 Å². The number of aliphatic carboxylic acids is 1. The van der Waals surface area contributed by atoms with Gasteiger partial charge in [-0.2, -0.15) is 5.10 Å². The molecule has 1 fully saturated rings. The van der Waals surface area contributed by atoms with Crippen molar-refractivity contribution in [1.29, 1.82) is 0 Å². The van der Waals surface area contributed by atoms with Gasteiger partial charge in [-0.1, -0.05) is 6.42 Å². The van der Waals surface area contributed by atoms with E-state index in [9.17, 15) is 9.90 Å². The van der Waals surface area contributed by atoms with Crippen LogP contribution in [0.15, 0.2) is 12.7 Å². The Morgan fingerprint density at radius 1 is 1.63 bits per heavy atom. The smallest absolute Gasteiger partial charge is 0.324 e. The lowest BCUT2D eigenvalue weighted by atomic mass is 9.84. The summed E-state index contributed by atoms with van der Waals surface area (Å²) >= 11 is 0. The van der Waals surface area contributed by atoms with Crippen LogP contribution in [0.5, 0.6) is 0 Å². The third kappa shape index (κ3) is 2.94. The predicted octanol–water partition coefficient (Wildman–Crippen LogP) is 1.29. The molecule has 6 heteroatoms. The Kier molecular flexibility index (Phi) is 4.19. The molecule has 6 nitrogen and oxygen atoms in total. The second-order valence-electron chi connectivity index (χ2n) is 5.61. The highest BCUT2D eigenvalue weighted by Crippen LogP contribution is 2.38. The number of rotatable bonds is 6. The maximum absolute atomic E-state index is 11.7. The maximum Gasteiger partial charge on any atom is 0.324 e. The van der Waals surface area contributed by atoms with Gasteiger partial charge in [-0.25, -0.2) is 4.98 Å². The van der Waals surface area contributed by atoms with Crippen molar-refractivity contribution in [3.63, 3.8) is 0 Å². The molecule has 1 saturated carbocycles. The molecule has 1 aliphatic carbocycles. The van der Waals surface area contributed by atoms with Crippen molar-refractivity contribution in [1.82, 2.24) is 20.1 Å². The zero-order valence-corrected chi connectivity index (χ0v) is 11.5. The molecule has 1 aromatic heterocycles. The van der Waals surface area contributed by atoms with Gasteiger partial charge in [0.15, 0.2) is 0 Å². The van der Waals surface area contributed by atoms with E-state index in [4.69, 9.17) is 0 Å². The maximum atomic E-state index is 11.7.